The molecule has 0 aliphatic rings. The fourth-order valence-corrected chi connectivity index (χ4v) is 2.82. The molecule has 0 radical (unpaired) electrons. The molecular weight excluding hydrogens is 252 g/mol. The minimum Gasteiger partial charge on any atom is -0.286 e. The van der Waals surface area contributed by atoms with Crippen molar-refractivity contribution in [3.8, 4) is 0 Å². The number of nitrogens with one attached hydrogen (secondary N) is 1. The first-order chi connectivity index (χ1) is 8.62. The summed E-state index contributed by atoms with van der Waals surface area (Å²) < 4.78 is 27.3. The lowest BCUT2D eigenvalue weighted by Crippen LogP contribution is -2.28. The zero-order valence-corrected chi connectivity index (χ0v) is 11.0. The van der Waals surface area contributed by atoms with Gasteiger partial charge in [0.15, 0.2) is 5.65 Å². The Hall–Kier alpha value is -1.47. The Labute approximate surface area is 106 Å². The minimum absolute atomic E-state index is 0.160. The van der Waals surface area contributed by atoms with E-state index in [2.05, 4.69) is 14.9 Å². The van der Waals surface area contributed by atoms with E-state index in [1.807, 2.05) is 35.7 Å². The fourth-order valence-electron chi connectivity index (χ4n) is 1.72. The summed E-state index contributed by atoms with van der Waals surface area (Å²) in [6.07, 6.45) is 3.00. The van der Waals surface area contributed by atoms with E-state index in [0.717, 1.165) is 11.5 Å². The molecule has 0 bridgehead atoms. The average Bonchev–Trinajstić information content (AvgIpc) is 2.73. The van der Waals surface area contributed by atoms with Crippen molar-refractivity contribution in [3.05, 3.63) is 30.2 Å². The van der Waals surface area contributed by atoms with Gasteiger partial charge in [0, 0.05) is 19.2 Å². The van der Waals surface area contributed by atoms with Gasteiger partial charge in [0.05, 0.1) is 5.75 Å². The molecule has 2 rings (SSSR count). The van der Waals surface area contributed by atoms with Crippen molar-refractivity contribution in [2.75, 3.05) is 12.3 Å². The molecule has 1 N–H and O–H groups in total. The van der Waals surface area contributed by atoms with Crippen molar-refractivity contribution in [2.45, 2.75) is 19.8 Å². The summed E-state index contributed by atoms with van der Waals surface area (Å²) in [5.74, 6) is 0.915. The number of hydrogen-bond acceptors (Lipinski definition) is 4. The Morgan fingerprint density at radius 1 is 1.33 bits per heavy atom. The predicted octanol–water partition coefficient (Wildman–Crippen LogP) is 0.601. The molecule has 2 aromatic heterocycles. The Morgan fingerprint density at radius 2 is 2.17 bits per heavy atom. The molecule has 2 heterocycles. The van der Waals surface area contributed by atoms with Crippen LogP contribution >= 0.6 is 0 Å². The fraction of sp³-hybridized carbons (Fsp3) is 0.455. The van der Waals surface area contributed by atoms with Gasteiger partial charge in [-0.2, -0.15) is 0 Å². The van der Waals surface area contributed by atoms with E-state index in [1.165, 1.54) is 0 Å². The molecule has 0 amide bonds. The Morgan fingerprint density at radius 3 is 2.94 bits per heavy atom. The number of pyridine rings is 1. The maximum atomic E-state index is 11.5. The average molecular weight is 268 g/mol. The summed E-state index contributed by atoms with van der Waals surface area (Å²) in [5.41, 5.74) is 0.768. The smallest absolute Gasteiger partial charge is 0.211 e. The molecule has 0 aliphatic carbocycles. The summed E-state index contributed by atoms with van der Waals surface area (Å²) in [6.45, 7) is 2.18. The maximum Gasteiger partial charge on any atom is 0.211 e. The van der Waals surface area contributed by atoms with E-state index in [9.17, 15) is 8.42 Å². The largest absolute Gasteiger partial charge is 0.286 e. The van der Waals surface area contributed by atoms with E-state index < -0.39 is 10.0 Å². The molecule has 2 aromatic rings. The van der Waals surface area contributed by atoms with Gasteiger partial charge in [-0.05, 0) is 18.6 Å². The van der Waals surface area contributed by atoms with Gasteiger partial charge in [-0.1, -0.05) is 13.0 Å². The topological polar surface area (TPSA) is 76.4 Å². The molecule has 0 saturated heterocycles. The second-order valence-electron chi connectivity index (χ2n) is 4.01. The van der Waals surface area contributed by atoms with Crippen molar-refractivity contribution in [1.29, 1.82) is 0 Å². The molecule has 0 spiro atoms. The van der Waals surface area contributed by atoms with Crippen LogP contribution in [0.4, 0.5) is 0 Å². The van der Waals surface area contributed by atoms with E-state index in [0.29, 0.717) is 19.4 Å². The molecular formula is C11H16N4O2S. The maximum absolute atomic E-state index is 11.5. The van der Waals surface area contributed by atoms with E-state index >= 15 is 0 Å². The van der Waals surface area contributed by atoms with Gasteiger partial charge < -0.3 is 0 Å². The molecule has 0 atom stereocenters. The van der Waals surface area contributed by atoms with Crippen LogP contribution < -0.4 is 4.72 Å². The summed E-state index contributed by atoms with van der Waals surface area (Å²) >= 11 is 0. The van der Waals surface area contributed by atoms with Crippen LogP contribution in [0, 0.1) is 0 Å². The lowest BCUT2D eigenvalue weighted by Gasteiger charge is -2.04. The van der Waals surface area contributed by atoms with Crippen LogP contribution in [0.2, 0.25) is 0 Å². The SMILES string of the molecule is CCCS(=O)(=O)NCCc1nnc2ccccn12. The molecule has 7 heteroatoms. The number of hydrogen-bond donors (Lipinski definition) is 1. The van der Waals surface area contributed by atoms with Gasteiger partial charge in [-0.3, -0.25) is 4.40 Å². The molecule has 0 unspecified atom stereocenters. The minimum atomic E-state index is -3.15. The van der Waals surface area contributed by atoms with Crippen LogP contribution in [-0.4, -0.2) is 35.3 Å². The first-order valence-electron chi connectivity index (χ1n) is 5.88. The van der Waals surface area contributed by atoms with Crippen LogP contribution in [0.1, 0.15) is 19.2 Å². The standard InChI is InChI=1S/C11H16N4O2S/c1-2-9-18(16,17)12-7-6-11-14-13-10-5-3-4-8-15(10)11/h3-5,8,12H,2,6-7,9H2,1H3. The lowest BCUT2D eigenvalue weighted by atomic mass is 10.4. The van der Waals surface area contributed by atoms with Crippen molar-refractivity contribution in [1.82, 2.24) is 19.3 Å². The summed E-state index contributed by atoms with van der Waals surface area (Å²) in [4.78, 5) is 0. The lowest BCUT2D eigenvalue weighted by molar-refractivity contribution is 0.579. The molecule has 98 valence electrons. The molecule has 6 nitrogen and oxygen atoms in total. The van der Waals surface area contributed by atoms with Crippen molar-refractivity contribution < 1.29 is 8.42 Å². The number of aromatic nitrogens is 3. The number of sulfonamides is 1. The predicted molar refractivity (Wildman–Crippen MR) is 68.8 cm³/mol. The number of rotatable bonds is 6. The molecule has 0 fully saturated rings. The number of fused-ring (bicyclic) bond motifs is 1. The van der Waals surface area contributed by atoms with E-state index in [-0.39, 0.29) is 5.75 Å². The summed E-state index contributed by atoms with van der Waals surface area (Å²) in [5, 5.41) is 8.04. The van der Waals surface area contributed by atoms with E-state index in [4.69, 9.17) is 0 Å². The second-order valence-corrected chi connectivity index (χ2v) is 5.93. The highest BCUT2D eigenvalue weighted by atomic mass is 32.2. The second kappa shape index (κ2) is 5.45. The summed E-state index contributed by atoms with van der Waals surface area (Å²) in [7, 11) is -3.15. The van der Waals surface area contributed by atoms with Crippen LogP contribution in [0.3, 0.4) is 0 Å². The van der Waals surface area contributed by atoms with Crippen molar-refractivity contribution in [3.63, 3.8) is 0 Å². The molecule has 0 aromatic carbocycles. The van der Waals surface area contributed by atoms with Crippen LogP contribution in [0.5, 0.6) is 0 Å². The Balaban J connectivity index is 1.99. The van der Waals surface area contributed by atoms with Crippen molar-refractivity contribution >= 4 is 15.7 Å². The molecule has 18 heavy (non-hydrogen) atoms. The monoisotopic (exact) mass is 268 g/mol. The Bertz CT molecular complexity index is 621. The highest BCUT2D eigenvalue weighted by Crippen LogP contribution is 2.03. The van der Waals surface area contributed by atoms with Gasteiger partial charge in [0.2, 0.25) is 10.0 Å². The normalized spacial score (nSPS) is 12.1. The molecule has 0 saturated carbocycles. The highest BCUT2D eigenvalue weighted by molar-refractivity contribution is 7.89. The third kappa shape index (κ3) is 3.05. The Kier molecular flexibility index (Phi) is 3.93. The highest BCUT2D eigenvalue weighted by Gasteiger charge is 2.09. The van der Waals surface area contributed by atoms with Crippen LogP contribution in [0.25, 0.3) is 5.65 Å². The zero-order valence-electron chi connectivity index (χ0n) is 10.2. The third-order valence-electron chi connectivity index (χ3n) is 2.53. The molecule has 0 aliphatic heterocycles. The van der Waals surface area contributed by atoms with Gasteiger partial charge >= 0.3 is 0 Å². The van der Waals surface area contributed by atoms with Gasteiger partial charge in [-0.25, -0.2) is 13.1 Å². The third-order valence-corrected chi connectivity index (χ3v) is 4.12. The zero-order chi connectivity index (χ0) is 13.0. The van der Waals surface area contributed by atoms with Gasteiger partial charge in [-0.15, -0.1) is 10.2 Å². The summed E-state index contributed by atoms with van der Waals surface area (Å²) in [6, 6.07) is 5.64. The van der Waals surface area contributed by atoms with Crippen LogP contribution in [-0.2, 0) is 16.4 Å². The van der Waals surface area contributed by atoms with Crippen LogP contribution in [0.15, 0.2) is 24.4 Å². The quantitative estimate of drug-likeness (QED) is 0.832. The van der Waals surface area contributed by atoms with E-state index in [1.54, 1.807) is 0 Å². The van der Waals surface area contributed by atoms with Crippen molar-refractivity contribution in [2.24, 2.45) is 0 Å². The van der Waals surface area contributed by atoms with Gasteiger partial charge in [0.25, 0.3) is 0 Å². The first kappa shape index (κ1) is 13.0. The first-order valence-corrected chi connectivity index (χ1v) is 7.53. The van der Waals surface area contributed by atoms with Gasteiger partial charge in [0.1, 0.15) is 5.82 Å². The number of nitrogens with zero attached hydrogens (tertiary/aromatic N) is 3.